The van der Waals surface area contributed by atoms with Gasteiger partial charge in [0.1, 0.15) is 11.6 Å². The Labute approximate surface area is 116 Å². The van der Waals surface area contributed by atoms with Crippen molar-refractivity contribution in [1.82, 2.24) is 5.32 Å². The van der Waals surface area contributed by atoms with Crippen LogP contribution in [0.5, 0.6) is 0 Å². The van der Waals surface area contributed by atoms with E-state index >= 15 is 0 Å². The van der Waals surface area contributed by atoms with Crippen molar-refractivity contribution in [3.05, 3.63) is 59.8 Å². The number of halogens is 1. The van der Waals surface area contributed by atoms with Crippen LogP contribution < -0.4 is 5.32 Å². The van der Waals surface area contributed by atoms with E-state index in [1.807, 2.05) is 0 Å². The lowest BCUT2D eigenvalue weighted by Crippen LogP contribution is -2.49. The maximum atomic E-state index is 14.0. The van der Waals surface area contributed by atoms with Gasteiger partial charge in [-0.05, 0) is 31.0 Å². The largest absolute Gasteiger partial charge is 0.467 e. The van der Waals surface area contributed by atoms with E-state index in [1.165, 1.54) is 6.07 Å². The number of hydrogen-bond acceptors (Lipinski definition) is 2. The zero-order valence-electron chi connectivity index (χ0n) is 11.1. The lowest BCUT2D eigenvalue weighted by molar-refractivity contribution is -0.130. The van der Waals surface area contributed by atoms with Gasteiger partial charge in [0.2, 0.25) is 5.91 Å². The van der Waals surface area contributed by atoms with Gasteiger partial charge < -0.3 is 9.73 Å². The Morgan fingerprint density at radius 1 is 1.25 bits per heavy atom. The van der Waals surface area contributed by atoms with Gasteiger partial charge in [-0.2, -0.15) is 0 Å². The Balaban J connectivity index is 1.79. The lowest BCUT2D eigenvalue weighted by Gasteiger charge is -2.40. The van der Waals surface area contributed by atoms with E-state index < -0.39 is 5.41 Å². The van der Waals surface area contributed by atoms with Gasteiger partial charge in [0, 0.05) is 5.56 Å². The van der Waals surface area contributed by atoms with Crippen molar-refractivity contribution in [3.8, 4) is 0 Å². The van der Waals surface area contributed by atoms with Gasteiger partial charge in [-0.3, -0.25) is 4.79 Å². The number of carbonyl (C=O) groups excluding carboxylic acids is 1. The average molecular weight is 273 g/mol. The first-order valence-corrected chi connectivity index (χ1v) is 6.78. The van der Waals surface area contributed by atoms with Crippen LogP contribution in [0.3, 0.4) is 0 Å². The van der Waals surface area contributed by atoms with Gasteiger partial charge in [-0.1, -0.05) is 24.6 Å². The van der Waals surface area contributed by atoms with Crippen LogP contribution in [0.15, 0.2) is 47.1 Å². The molecule has 0 radical (unpaired) electrons. The molecule has 4 heteroatoms. The zero-order valence-corrected chi connectivity index (χ0v) is 11.1. The van der Waals surface area contributed by atoms with Gasteiger partial charge in [0.05, 0.1) is 18.2 Å². The van der Waals surface area contributed by atoms with Gasteiger partial charge in [-0.15, -0.1) is 0 Å². The quantitative estimate of drug-likeness (QED) is 0.929. The molecule has 1 amide bonds. The Hall–Kier alpha value is -2.10. The maximum Gasteiger partial charge on any atom is 0.231 e. The van der Waals surface area contributed by atoms with Gasteiger partial charge >= 0.3 is 0 Å². The fourth-order valence-electron chi connectivity index (χ4n) is 2.75. The molecule has 0 atom stereocenters. The molecule has 2 aromatic rings. The first-order chi connectivity index (χ1) is 9.72. The number of benzene rings is 1. The summed E-state index contributed by atoms with van der Waals surface area (Å²) in [6, 6.07) is 10.1. The predicted molar refractivity (Wildman–Crippen MR) is 72.5 cm³/mol. The first kappa shape index (κ1) is 12.9. The highest BCUT2D eigenvalue weighted by atomic mass is 19.1. The summed E-state index contributed by atoms with van der Waals surface area (Å²) in [4.78, 5) is 12.5. The summed E-state index contributed by atoms with van der Waals surface area (Å²) >= 11 is 0. The predicted octanol–water partition coefficient (Wildman–Crippen LogP) is 3.16. The minimum absolute atomic E-state index is 0.120. The van der Waals surface area contributed by atoms with Gasteiger partial charge in [0.15, 0.2) is 0 Å². The van der Waals surface area contributed by atoms with E-state index in [4.69, 9.17) is 4.42 Å². The molecule has 20 heavy (non-hydrogen) atoms. The average Bonchev–Trinajstić information content (AvgIpc) is 2.90. The Morgan fingerprint density at radius 3 is 2.65 bits per heavy atom. The second-order valence-corrected chi connectivity index (χ2v) is 5.18. The number of rotatable bonds is 4. The second kappa shape index (κ2) is 5.12. The van der Waals surface area contributed by atoms with Crippen molar-refractivity contribution < 1.29 is 13.6 Å². The third kappa shape index (κ3) is 2.11. The zero-order chi connectivity index (χ0) is 14.0. The lowest BCUT2D eigenvalue weighted by atomic mass is 9.63. The Kier molecular flexibility index (Phi) is 3.30. The van der Waals surface area contributed by atoms with E-state index in [0.29, 0.717) is 30.7 Å². The fraction of sp³-hybridized carbons (Fsp3) is 0.312. The highest BCUT2D eigenvalue weighted by Crippen LogP contribution is 2.44. The molecular formula is C16H16FNO2. The third-order valence-corrected chi connectivity index (χ3v) is 4.03. The molecule has 1 aliphatic rings. The molecule has 3 nitrogen and oxygen atoms in total. The van der Waals surface area contributed by atoms with Crippen LogP contribution in [0, 0.1) is 5.82 Å². The summed E-state index contributed by atoms with van der Waals surface area (Å²) in [5.41, 5.74) is -0.207. The summed E-state index contributed by atoms with van der Waals surface area (Å²) in [7, 11) is 0. The van der Waals surface area contributed by atoms with Crippen LogP contribution in [0.25, 0.3) is 0 Å². The van der Waals surface area contributed by atoms with Crippen molar-refractivity contribution in [2.75, 3.05) is 0 Å². The molecule has 0 spiro atoms. The van der Waals surface area contributed by atoms with E-state index in [2.05, 4.69) is 5.32 Å². The van der Waals surface area contributed by atoms with Gasteiger partial charge in [-0.25, -0.2) is 4.39 Å². The molecule has 3 rings (SSSR count). The Morgan fingerprint density at radius 2 is 2.05 bits per heavy atom. The number of hydrogen-bond donors (Lipinski definition) is 1. The number of amides is 1. The topological polar surface area (TPSA) is 42.2 Å². The van der Waals surface area contributed by atoms with Crippen molar-refractivity contribution in [3.63, 3.8) is 0 Å². The van der Waals surface area contributed by atoms with Crippen LogP contribution in [0.4, 0.5) is 4.39 Å². The van der Waals surface area contributed by atoms with Crippen molar-refractivity contribution >= 4 is 5.91 Å². The molecule has 0 unspecified atom stereocenters. The number of nitrogens with one attached hydrogen (secondary N) is 1. The molecule has 1 heterocycles. The standard InChI is InChI=1S/C16H16FNO2/c17-14-7-2-1-6-13(14)16(8-4-9-16)15(19)18-11-12-5-3-10-20-12/h1-3,5-7,10H,4,8-9,11H2,(H,18,19). The fourth-order valence-corrected chi connectivity index (χ4v) is 2.75. The van der Waals surface area contributed by atoms with Crippen molar-refractivity contribution in [2.45, 2.75) is 31.2 Å². The summed E-state index contributed by atoms with van der Waals surface area (Å²) in [6.07, 6.45) is 3.90. The molecule has 0 saturated heterocycles. The minimum atomic E-state index is -0.710. The van der Waals surface area contributed by atoms with Crippen LogP contribution >= 0.6 is 0 Å². The first-order valence-electron chi connectivity index (χ1n) is 6.78. The molecule has 0 aliphatic heterocycles. The Bertz CT molecular complexity index is 603. The van der Waals surface area contributed by atoms with Crippen LogP contribution in [0.1, 0.15) is 30.6 Å². The molecule has 1 N–H and O–H groups in total. The van der Waals surface area contributed by atoms with Crippen molar-refractivity contribution in [2.24, 2.45) is 0 Å². The third-order valence-electron chi connectivity index (χ3n) is 4.03. The minimum Gasteiger partial charge on any atom is -0.467 e. The van der Waals surface area contributed by atoms with Crippen molar-refractivity contribution in [1.29, 1.82) is 0 Å². The number of carbonyl (C=O) groups is 1. The molecule has 104 valence electrons. The monoisotopic (exact) mass is 273 g/mol. The smallest absolute Gasteiger partial charge is 0.231 e. The molecule has 1 aliphatic carbocycles. The van der Waals surface area contributed by atoms with E-state index in [1.54, 1.807) is 36.6 Å². The highest BCUT2D eigenvalue weighted by Gasteiger charge is 2.46. The SMILES string of the molecule is O=C(NCc1ccco1)C1(c2ccccc2F)CCC1. The van der Waals surface area contributed by atoms with Gasteiger partial charge in [0.25, 0.3) is 0 Å². The van der Waals surface area contributed by atoms with E-state index in [9.17, 15) is 9.18 Å². The molecule has 1 aromatic heterocycles. The van der Waals surface area contributed by atoms with E-state index in [-0.39, 0.29) is 11.7 Å². The summed E-state index contributed by atoms with van der Waals surface area (Å²) in [5, 5.41) is 2.85. The molecular weight excluding hydrogens is 257 g/mol. The maximum absolute atomic E-state index is 14.0. The summed E-state index contributed by atoms with van der Waals surface area (Å²) < 4.78 is 19.2. The van der Waals surface area contributed by atoms with E-state index in [0.717, 1.165) is 6.42 Å². The summed E-state index contributed by atoms with van der Waals surface area (Å²) in [6.45, 7) is 0.335. The normalized spacial score (nSPS) is 16.4. The summed E-state index contributed by atoms with van der Waals surface area (Å²) in [5.74, 6) is 0.270. The van der Waals surface area contributed by atoms with Crippen LogP contribution in [-0.2, 0) is 16.8 Å². The molecule has 1 aromatic carbocycles. The highest BCUT2D eigenvalue weighted by molar-refractivity contribution is 5.89. The van der Waals surface area contributed by atoms with Crippen LogP contribution in [-0.4, -0.2) is 5.91 Å². The van der Waals surface area contributed by atoms with Crippen LogP contribution in [0.2, 0.25) is 0 Å². The molecule has 1 saturated carbocycles. The number of furan rings is 1. The molecule has 0 bridgehead atoms. The second-order valence-electron chi connectivity index (χ2n) is 5.18. The molecule has 1 fully saturated rings.